The molecule has 0 radical (unpaired) electrons. The normalized spacial score (nSPS) is 22.4. The van der Waals surface area contributed by atoms with E-state index < -0.39 is 0 Å². The number of imidazole rings is 1. The first-order chi connectivity index (χ1) is 15.3. The Balaban J connectivity index is 1.19. The maximum absolute atomic E-state index is 6.30. The molecule has 1 aromatic carbocycles. The van der Waals surface area contributed by atoms with Gasteiger partial charge in [0.15, 0.2) is 5.65 Å². The molecule has 7 heteroatoms. The first kappa shape index (κ1) is 19.1. The highest BCUT2D eigenvalue weighted by Gasteiger charge is 2.45. The van der Waals surface area contributed by atoms with Gasteiger partial charge in [0.2, 0.25) is 0 Å². The number of fused-ring (bicyclic) bond motifs is 1. The average molecular weight is 419 g/mol. The summed E-state index contributed by atoms with van der Waals surface area (Å²) < 4.78 is 8.34. The summed E-state index contributed by atoms with van der Waals surface area (Å²) >= 11 is 0. The summed E-state index contributed by atoms with van der Waals surface area (Å²) in [6.45, 7) is 3.69. The third kappa shape index (κ3) is 3.88. The zero-order valence-corrected chi connectivity index (χ0v) is 17.8. The van der Waals surface area contributed by atoms with E-state index >= 15 is 0 Å². The second-order valence-corrected chi connectivity index (χ2v) is 9.23. The Morgan fingerprint density at radius 2 is 1.94 bits per heavy atom. The van der Waals surface area contributed by atoms with Gasteiger partial charge in [-0.1, -0.05) is 30.3 Å². The summed E-state index contributed by atoms with van der Waals surface area (Å²) in [5.41, 5.74) is 4.50. The van der Waals surface area contributed by atoms with Crippen LogP contribution >= 0.6 is 0 Å². The second kappa shape index (κ2) is 7.80. The van der Waals surface area contributed by atoms with Gasteiger partial charge in [0, 0.05) is 31.5 Å². The lowest BCUT2D eigenvalue weighted by atomic mass is 9.81. The van der Waals surface area contributed by atoms with Gasteiger partial charge in [-0.15, -0.1) is 5.10 Å². The minimum atomic E-state index is 0.126. The Hall–Kier alpha value is -2.64. The van der Waals surface area contributed by atoms with Crippen molar-refractivity contribution in [2.24, 2.45) is 0 Å². The fourth-order valence-electron chi connectivity index (χ4n) is 4.95. The number of rotatable bonds is 7. The number of benzene rings is 1. The lowest BCUT2D eigenvalue weighted by Gasteiger charge is -2.50. The summed E-state index contributed by atoms with van der Waals surface area (Å²) in [6.07, 6.45) is 8.11. The minimum Gasteiger partial charge on any atom is -0.378 e. The summed E-state index contributed by atoms with van der Waals surface area (Å²) in [4.78, 5) is 4.69. The maximum Gasteiger partial charge on any atom is 0.177 e. The van der Waals surface area contributed by atoms with Gasteiger partial charge in [0.25, 0.3) is 0 Å². The number of nitrogens with zero attached hydrogens (tertiary/aromatic N) is 3. The molecule has 1 unspecified atom stereocenters. The van der Waals surface area contributed by atoms with Crippen LogP contribution in [-0.4, -0.2) is 45.9 Å². The number of anilines is 2. The van der Waals surface area contributed by atoms with E-state index in [0.29, 0.717) is 5.92 Å². The van der Waals surface area contributed by atoms with E-state index in [9.17, 15) is 0 Å². The van der Waals surface area contributed by atoms with Crippen molar-refractivity contribution in [2.45, 2.75) is 56.3 Å². The predicted molar refractivity (Wildman–Crippen MR) is 122 cm³/mol. The van der Waals surface area contributed by atoms with Crippen molar-refractivity contribution >= 4 is 17.2 Å². The molecular formula is C24H30N6O. The SMILES string of the molecule is c1ccc(CNc2cc(NCC3CC4(CCNCC4)O3)nn3c(C4CC4)cnc23)cc1. The van der Waals surface area contributed by atoms with Crippen LogP contribution in [0.1, 0.15) is 49.3 Å². The lowest BCUT2D eigenvalue weighted by molar-refractivity contribution is -0.210. The van der Waals surface area contributed by atoms with Crippen molar-refractivity contribution in [3.8, 4) is 0 Å². The molecule has 1 aliphatic carbocycles. The van der Waals surface area contributed by atoms with Crippen LogP contribution in [0.2, 0.25) is 0 Å². The first-order valence-corrected chi connectivity index (χ1v) is 11.6. The van der Waals surface area contributed by atoms with E-state index in [4.69, 9.17) is 14.8 Å². The van der Waals surface area contributed by atoms with Gasteiger partial charge in [-0.3, -0.25) is 0 Å². The molecule has 2 aliphatic heterocycles. The third-order valence-electron chi connectivity index (χ3n) is 6.86. The van der Waals surface area contributed by atoms with Gasteiger partial charge in [-0.25, -0.2) is 9.50 Å². The quantitative estimate of drug-likeness (QED) is 0.545. The van der Waals surface area contributed by atoms with E-state index in [-0.39, 0.29) is 11.7 Å². The van der Waals surface area contributed by atoms with Gasteiger partial charge in [0.05, 0.1) is 29.3 Å². The largest absolute Gasteiger partial charge is 0.378 e. The van der Waals surface area contributed by atoms with Crippen molar-refractivity contribution in [1.29, 1.82) is 0 Å². The van der Waals surface area contributed by atoms with Crippen molar-refractivity contribution in [3.05, 3.63) is 53.9 Å². The van der Waals surface area contributed by atoms with Crippen LogP contribution in [0.15, 0.2) is 42.6 Å². The number of aromatic nitrogens is 3. The molecule has 2 aromatic heterocycles. The fraction of sp³-hybridized carbons (Fsp3) is 0.500. The van der Waals surface area contributed by atoms with Crippen LogP contribution in [0.4, 0.5) is 11.5 Å². The molecule has 3 aromatic rings. The Bertz CT molecular complexity index is 1050. The van der Waals surface area contributed by atoms with Crippen LogP contribution in [0, 0.1) is 0 Å². The van der Waals surface area contributed by atoms with E-state index in [1.165, 1.54) is 24.1 Å². The molecule has 1 atom stereocenters. The minimum absolute atomic E-state index is 0.126. The highest BCUT2D eigenvalue weighted by atomic mass is 16.5. The number of piperidine rings is 1. The van der Waals surface area contributed by atoms with Gasteiger partial charge < -0.3 is 20.7 Å². The van der Waals surface area contributed by atoms with Crippen LogP contribution < -0.4 is 16.0 Å². The number of hydrogen-bond acceptors (Lipinski definition) is 6. The van der Waals surface area contributed by atoms with Gasteiger partial charge in [0.1, 0.15) is 5.82 Å². The maximum atomic E-state index is 6.30. The molecule has 1 saturated carbocycles. The molecule has 0 bridgehead atoms. The molecule has 0 amide bonds. The predicted octanol–water partition coefficient (Wildman–Crippen LogP) is 3.54. The molecule has 3 fully saturated rings. The third-order valence-corrected chi connectivity index (χ3v) is 6.86. The summed E-state index contributed by atoms with van der Waals surface area (Å²) in [5.74, 6) is 1.47. The zero-order chi connectivity index (χ0) is 20.7. The molecule has 1 spiro atoms. The number of nitrogens with one attached hydrogen (secondary N) is 3. The standard InChI is InChI=1S/C24H30N6O/c1-2-4-17(5-3-1)14-26-20-12-22(29-30-21(18-6-7-18)16-28-23(20)30)27-15-19-13-24(31-19)8-10-25-11-9-24/h1-5,12,16,18-19,25-26H,6-11,13-15H2,(H,27,29). The molecule has 2 saturated heterocycles. The van der Waals surface area contributed by atoms with Crippen molar-refractivity contribution < 1.29 is 4.74 Å². The Labute approximate surface area is 182 Å². The number of ether oxygens (including phenoxy) is 1. The molecule has 3 aliphatic rings. The van der Waals surface area contributed by atoms with E-state index in [1.807, 2.05) is 16.8 Å². The second-order valence-electron chi connectivity index (χ2n) is 9.23. The molecule has 6 rings (SSSR count). The monoisotopic (exact) mass is 418 g/mol. The first-order valence-electron chi connectivity index (χ1n) is 11.6. The van der Waals surface area contributed by atoms with Crippen LogP contribution in [0.25, 0.3) is 5.65 Å². The highest BCUT2D eigenvalue weighted by molar-refractivity contribution is 5.71. The molecule has 31 heavy (non-hydrogen) atoms. The van der Waals surface area contributed by atoms with Gasteiger partial charge >= 0.3 is 0 Å². The molecule has 162 valence electrons. The lowest BCUT2D eigenvalue weighted by Crippen LogP contribution is -2.57. The van der Waals surface area contributed by atoms with Crippen LogP contribution in [0.5, 0.6) is 0 Å². The highest BCUT2D eigenvalue weighted by Crippen LogP contribution is 2.41. The van der Waals surface area contributed by atoms with Crippen molar-refractivity contribution in [3.63, 3.8) is 0 Å². The van der Waals surface area contributed by atoms with Crippen LogP contribution in [-0.2, 0) is 11.3 Å². The van der Waals surface area contributed by atoms with Gasteiger partial charge in [-0.2, -0.15) is 0 Å². The Morgan fingerprint density at radius 1 is 1.13 bits per heavy atom. The molecular weight excluding hydrogens is 388 g/mol. The van der Waals surface area contributed by atoms with Crippen molar-refractivity contribution in [2.75, 3.05) is 30.3 Å². The Morgan fingerprint density at radius 3 is 2.71 bits per heavy atom. The number of hydrogen-bond donors (Lipinski definition) is 3. The average Bonchev–Trinajstić information content (AvgIpc) is 3.54. The Kier molecular flexibility index (Phi) is 4.80. The van der Waals surface area contributed by atoms with Crippen molar-refractivity contribution in [1.82, 2.24) is 19.9 Å². The molecule has 7 nitrogen and oxygen atoms in total. The fourth-order valence-corrected chi connectivity index (χ4v) is 4.95. The van der Waals surface area contributed by atoms with E-state index in [1.54, 1.807) is 0 Å². The summed E-state index contributed by atoms with van der Waals surface area (Å²) in [6, 6.07) is 12.5. The van der Waals surface area contributed by atoms with Crippen LogP contribution in [0.3, 0.4) is 0 Å². The summed E-state index contributed by atoms with van der Waals surface area (Å²) in [5, 5.41) is 15.4. The van der Waals surface area contributed by atoms with Gasteiger partial charge in [-0.05, 0) is 44.3 Å². The molecule has 4 heterocycles. The summed E-state index contributed by atoms with van der Waals surface area (Å²) in [7, 11) is 0. The zero-order valence-electron chi connectivity index (χ0n) is 17.8. The molecule has 3 N–H and O–H groups in total. The smallest absolute Gasteiger partial charge is 0.177 e. The topological polar surface area (TPSA) is 75.5 Å². The van der Waals surface area contributed by atoms with E-state index in [2.05, 4.69) is 46.3 Å². The van der Waals surface area contributed by atoms with E-state index in [0.717, 1.165) is 62.6 Å².